The summed E-state index contributed by atoms with van der Waals surface area (Å²) in [6.45, 7) is 6.03. The molecule has 1 N–H and O–H groups in total. The molecule has 0 unspecified atom stereocenters. The van der Waals surface area contributed by atoms with Gasteiger partial charge in [-0.3, -0.25) is 4.79 Å². The van der Waals surface area contributed by atoms with Crippen LogP contribution in [0.25, 0.3) is 0 Å². The molecular weight excluding hydrogens is 219 g/mol. The first kappa shape index (κ1) is 13.4. The molecule has 0 bridgehead atoms. The van der Waals surface area contributed by atoms with Crippen molar-refractivity contribution in [3.8, 4) is 0 Å². The molecule has 4 heteroatoms. The van der Waals surface area contributed by atoms with Crippen LogP contribution < -0.4 is 5.43 Å². The normalized spacial score (nSPS) is 11.7. The predicted molar refractivity (Wildman–Crippen MR) is 66.4 cm³/mol. The van der Waals surface area contributed by atoms with E-state index in [-0.39, 0.29) is 11.7 Å². The van der Waals surface area contributed by atoms with Crippen LogP contribution in [0.1, 0.15) is 37.6 Å². The minimum absolute atomic E-state index is 0.326. The zero-order chi connectivity index (χ0) is 12.8. The number of carbonyl (C=O) groups is 1. The highest BCUT2D eigenvalue weighted by molar-refractivity contribution is 5.95. The Bertz CT molecular complexity index is 410. The van der Waals surface area contributed by atoms with Gasteiger partial charge in [0.15, 0.2) is 0 Å². The van der Waals surface area contributed by atoms with E-state index in [0.717, 1.165) is 12.1 Å². The van der Waals surface area contributed by atoms with Gasteiger partial charge in [-0.1, -0.05) is 13.8 Å². The molecule has 92 valence electrons. The molecule has 0 radical (unpaired) electrons. The fraction of sp³-hybridized carbons (Fsp3) is 0.385. The number of hydrogen-bond donors (Lipinski definition) is 1. The molecule has 0 heterocycles. The van der Waals surface area contributed by atoms with Crippen molar-refractivity contribution in [2.45, 2.75) is 27.2 Å². The van der Waals surface area contributed by atoms with Crippen molar-refractivity contribution in [2.75, 3.05) is 0 Å². The van der Waals surface area contributed by atoms with E-state index in [0.29, 0.717) is 11.5 Å². The summed E-state index contributed by atoms with van der Waals surface area (Å²) in [5.41, 5.74) is 3.72. The van der Waals surface area contributed by atoms with Crippen LogP contribution >= 0.6 is 0 Å². The molecule has 0 atom stereocenters. The second-order valence-corrected chi connectivity index (χ2v) is 4.39. The van der Waals surface area contributed by atoms with E-state index >= 15 is 0 Å². The summed E-state index contributed by atoms with van der Waals surface area (Å²) in [4.78, 5) is 11.6. The van der Waals surface area contributed by atoms with Crippen LogP contribution in [0.3, 0.4) is 0 Å². The highest BCUT2D eigenvalue weighted by Crippen LogP contribution is 2.03. The van der Waals surface area contributed by atoms with Crippen LogP contribution in [0.2, 0.25) is 0 Å². The fourth-order valence-electron chi connectivity index (χ4n) is 1.45. The molecule has 0 aliphatic carbocycles. The van der Waals surface area contributed by atoms with Crippen molar-refractivity contribution in [1.82, 2.24) is 5.43 Å². The smallest absolute Gasteiger partial charge is 0.267 e. The molecule has 0 fully saturated rings. The van der Waals surface area contributed by atoms with Gasteiger partial charge < -0.3 is 0 Å². The Hall–Kier alpha value is -1.71. The SMILES string of the molecule is CC(CC(C)C)=NNC(=O)c1ccc(F)cc1. The fourth-order valence-corrected chi connectivity index (χ4v) is 1.45. The van der Waals surface area contributed by atoms with Gasteiger partial charge in [-0.15, -0.1) is 0 Å². The second-order valence-electron chi connectivity index (χ2n) is 4.39. The Morgan fingerprint density at radius 1 is 1.35 bits per heavy atom. The molecule has 1 amide bonds. The van der Waals surface area contributed by atoms with Crippen molar-refractivity contribution in [1.29, 1.82) is 0 Å². The topological polar surface area (TPSA) is 41.5 Å². The lowest BCUT2D eigenvalue weighted by Gasteiger charge is -2.04. The maximum atomic E-state index is 12.6. The van der Waals surface area contributed by atoms with Gasteiger partial charge in [0.05, 0.1) is 0 Å². The third kappa shape index (κ3) is 4.76. The summed E-state index contributed by atoms with van der Waals surface area (Å²) < 4.78 is 12.6. The van der Waals surface area contributed by atoms with E-state index in [1.165, 1.54) is 24.3 Å². The van der Waals surface area contributed by atoms with Gasteiger partial charge in [0.1, 0.15) is 5.82 Å². The molecule has 0 aliphatic rings. The number of nitrogens with one attached hydrogen (secondary N) is 1. The lowest BCUT2D eigenvalue weighted by molar-refractivity contribution is 0.0954. The van der Waals surface area contributed by atoms with Gasteiger partial charge >= 0.3 is 0 Å². The first-order valence-electron chi connectivity index (χ1n) is 5.58. The maximum Gasteiger partial charge on any atom is 0.271 e. The van der Waals surface area contributed by atoms with Gasteiger partial charge in [0, 0.05) is 11.3 Å². The number of nitrogens with zero attached hydrogens (tertiary/aromatic N) is 1. The molecule has 1 aromatic rings. The summed E-state index contributed by atoms with van der Waals surface area (Å²) in [6.07, 6.45) is 0.837. The molecule has 0 saturated heterocycles. The number of hydrazone groups is 1. The molecule has 0 spiro atoms. The number of hydrogen-bond acceptors (Lipinski definition) is 2. The van der Waals surface area contributed by atoms with Crippen LogP contribution in [-0.4, -0.2) is 11.6 Å². The molecule has 1 rings (SSSR count). The van der Waals surface area contributed by atoms with Crippen molar-refractivity contribution >= 4 is 11.6 Å². The minimum Gasteiger partial charge on any atom is -0.267 e. The van der Waals surface area contributed by atoms with Gasteiger partial charge in [-0.2, -0.15) is 5.10 Å². The lowest BCUT2D eigenvalue weighted by atomic mass is 10.1. The molecule has 0 aromatic heterocycles. The van der Waals surface area contributed by atoms with Crippen LogP contribution in [0.4, 0.5) is 4.39 Å². The van der Waals surface area contributed by atoms with Crippen LogP contribution in [0, 0.1) is 11.7 Å². The Morgan fingerprint density at radius 3 is 2.47 bits per heavy atom. The van der Waals surface area contributed by atoms with Gasteiger partial charge in [-0.25, -0.2) is 9.82 Å². The number of rotatable bonds is 4. The van der Waals surface area contributed by atoms with Gasteiger partial charge in [0.25, 0.3) is 5.91 Å². The molecular formula is C13H17FN2O. The van der Waals surface area contributed by atoms with Crippen molar-refractivity contribution in [3.63, 3.8) is 0 Å². The Morgan fingerprint density at radius 2 is 1.94 bits per heavy atom. The largest absolute Gasteiger partial charge is 0.271 e. The van der Waals surface area contributed by atoms with Crippen LogP contribution in [0.15, 0.2) is 29.4 Å². The van der Waals surface area contributed by atoms with Crippen LogP contribution in [-0.2, 0) is 0 Å². The quantitative estimate of drug-likeness (QED) is 0.633. The Kier molecular flexibility index (Phi) is 4.82. The first-order valence-corrected chi connectivity index (χ1v) is 5.58. The first-order chi connectivity index (χ1) is 7.99. The summed E-state index contributed by atoms with van der Waals surface area (Å²) >= 11 is 0. The summed E-state index contributed by atoms with van der Waals surface area (Å²) in [6, 6.07) is 5.36. The third-order valence-corrected chi connectivity index (χ3v) is 2.16. The van der Waals surface area contributed by atoms with E-state index < -0.39 is 0 Å². The third-order valence-electron chi connectivity index (χ3n) is 2.16. The van der Waals surface area contributed by atoms with Crippen molar-refractivity contribution in [2.24, 2.45) is 11.0 Å². The van der Waals surface area contributed by atoms with E-state index in [4.69, 9.17) is 0 Å². The summed E-state index contributed by atoms with van der Waals surface area (Å²) in [7, 11) is 0. The lowest BCUT2D eigenvalue weighted by Crippen LogP contribution is -2.19. The Balaban J connectivity index is 2.58. The number of carbonyl (C=O) groups excluding carboxylic acids is 1. The van der Waals surface area contributed by atoms with Crippen molar-refractivity contribution in [3.05, 3.63) is 35.6 Å². The van der Waals surface area contributed by atoms with Gasteiger partial charge in [-0.05, 0) is 43.5 Å². The standard InChI is InChI=1S/C13H17FN2O/c1-9(2)8-10(3)15-16-13(17)11-4-6-12(14)7-5-11/h4-7,9H,8H2,1-3H3,(H,16,17). The summed E-state index contributed by atoms with van der Waals surface area (Å²) in [5.74, 6) is -0.185. The molecule has 1 aromatic carbocycles. The number of amides is 1. The highest BCUT2D eigenvalue weighted by atomic mass is 19.1. The number of halogens is 1. The van der Waals surface area contributed by atoms with E-state index in [2.05, 4.69) is 24.4 Å². The Labute approximate surface area is 101 Å². The molecule has 0 saturated carbocycles. The monoisotopic (exact) mass is 236 g/mol. The average Bonchev–Trinajstić information content (AvgIpc) is 2.26. The average molecular weight is 236 g/mol. The molecule has 17 heavy (non-hydrogen) atoms. The zero-order valence-electron chi connectivity index (χ0n) is 10.3. The predicted octanol–water partition coefficient (Wildman–Crippen LogP) is 2.98. The van der Waals surface area contributed by atoms with E-state index in [1.54, 1.807) is 0 Å². The van der Waals surface area contributed by atoms with E-state index in [1.807, 2.05) is 6.92 Å². The minimum atomic E-state index is -0.360. The molecule has 3 nitrogen and oxygen atoms in total. The van der Waals surface area contributed by atoms with Gasteiger partial charge in [0.2, 0.25) is 0 Å². The number of benzene rings is 1. The van der Waals surface area contributed by atoms with Crippen LogP contribution in [0.5, 0.6) is 0 Å². The summed E-state index contributed by atoms with van der Waals surface area (Å²) in [5, 5.41) is 3.99. The second kappa shape index (κ2) is 6.13. The zero-order valence-corrected chi connectivity index (χ0v) is 10.3. The van der Waals surface area contributed by atoms with E-state index in [9.17, 15) is 9.18 Å². The highest BCUT2D eigenvalue weighted by Gasteiger charge is 2.04. The van der Waals surface area contributed by atoms with Crippen molar-refractivity contribution < 1.29 is 9.18 Å². The maximum absolute atomic E-state index is 12.6. The molecule has 0 aliphatic heterocycles.